The van der Waals surface area contributed by atoms with Gasteiger partial charge in [0.15, 0.2) is 0 Å². The van der Waals surface area contributed by atoms with E-state index in [0.29, 0.717) is 10.8 Å². The maximum absolute atomic E-state index is 11.8. The molecule has 1 amide bonds. The topological polar surface area (TPSA) is 38.3 Å². The van der Waals surface area contributed by atoms with Crippen LogP contribution in [-0.4, -0.2) is 19.6 Å². The Labute approximate surface area is 101 Å². The highest BCUT2D eigenvalue weighted by atomic mass is 32.1. The van der Waals surface area contributed by atoms with Crippen LogP contribution in [0.4, 0.5) is 0 Å². The summed E-state index contributed by atoms with van der Waals surface area (Å²) in [6.45, 7) is 5.05. The lowest BCUT2D eigenvalue weighted by atomic mass is 10.0. The van der Waals surface area contributed by atoms with Crippen LogP contribution in [0.5, 0.6) is 5.75 Å². The van der Waals surface area contributed by atoms with Gasteiger partial charge in [-0.15, -0.1) is 11.3 Å². The second-order valence-corrected chi connectivity index (χ2v) is 4.65. The molecule has 0 spiro atoms. The van der Waals surface area contributed by atoms with Crippen LogP contribution in [0.3, 0.4) is 0 Å². The highest BCUT2D eigenvalue weighted by molar-refractivity contribution is 7.12. The first-order chi connectivity index (χ1) is 7.71. The molecule has 1 rings (SSSR count). The minimum Gasteiger partial charge on any atom is -0.496 e. The molecule has 3 nitrogen and oxygen atoms in total. The number of carbonyl (C=O) groups is 1. The fourth-order valence-corrected chi connectivity index (χ4v) is 2.22. The van der Waals surface area contributed by atoms with E-state index in [1.165, 1.54) is 11.3 Å². The minimum atomic E-state index is 0.000185. The summed E-state index contributed by atoms with van der Waals surface area (Å²) in [5.41, 5.74) is 0. The highest BCUT2D eigenvalue weighted by Crippen LogP contribution is 2.20. The number of carbonyl (C=O) groups excluding carboxylic acids is 1. The predicted molar refractivity (Wildman–Crippen MR) is 67.3 cm³/mol. The Morgan fingerprint density at radius 1 is 1.50 bits per heavy atom. The van der Waals surface area contributed by atoms with E-state index in [1.807, 2.05) is 5.38 Å². The van der Waals surface area contributed by atoms with Crippen molar-refractivity contribution in [3.8, 4) is 5.75 Å². The average Bonchev–Trinajstić information content (AvgIpc) is 2.78. The van der Waals surface area contributed by atoms with Crippen LogP contribution in [0.15, 0.2) is 11.4 Å². The summed E-state index contributed by atoms with van der Waals surface area (Å²) in [7, 11) is 1.61. The van der Waals surface area contributed by atoms with Crippen LogP contribution in [0.1, 0.15) is 36.4 Å². The van der Waals surface area contributed by atoms with Gasteiger partial charge in [-0.3, -0.25) is 4.79 Å². The van der Waals surface area contributed by atoms with Crippen molar-refractivity contribution in [2.24, 2.45) is 5.92 Å². The quantitative estimate of drug-likeness (QED) is 0.831. The molecule has 4 heteroatoms. The summed E-state index contributed by atoms with van der Waals surface area (Å²) in [5, 5.41) is 4.79. The van der Waals surface area contributed by atoms with Crippen molar-refractivity contribution in [2.75, 3.05) is 13.7 Å². The molecular formula is C12H19NO2S. The lowest BCUT2D eigenvalue weighted by Crippen LogP contribution is -2.28. The number of hydrogen-bond acceptors (Lipinski definition) is 3. The number of ether oxygens (including phenoxy) is 1. The van der Waals surface area contributed by atoms with Gasteiger partial charge >= 0.3 is 0 Å². The molecule has 0 radical (unpaired) electrons. The van der Waals surface area contributed by atoms with Gasteiger partial charge in [0.1, 0.15) is 5.75 Å². The Kier molecular flexibility index (Phi) is 5.32. The van der Waals surface area contributed by atoms with Crippen LogP contribution in [0, 0.1) is 5.92 Å². The normalized spacial score (nSPS) is 10.5. The van der Waals surface area contributed by atoms with E-state index in [2.05, 4.69) is 19.2 Å². The first-order valence-corrected chi connectivity index (χ1v) is 6.49. The molecule has 0 saturated heterocycles. The maximum atomic E-state index is 11.8. The summed E-state index contributed by atoms with van der Waals surface area (Å²) in [6.07, 6.45) is 2.20. The maximum Gasteiger partial charge on any atom is 0.261 e. The molecule has 0 saturated carbocycles. The molecule has 0 fully saturated rings. The summed E-state index contributed by atoms with van der Waals surface area (Å²) in [5.74, 6) is 1.32. The third-order valence-corrected chi connectivity index (χ3v) is 3.65. The van der Waals surface area contributed by atoms with Crippen LogP contribution >= 0.6 is 11.3 Å². The minimum absolute atomic E-state index is 0.000185. The number of thiophene rings is 1. The molecule has 0 aliphatic rings. The van der Waals surface area contributed by atoms with Crippen molar-refractivity contribution >= 4 is 17.2 Å². The largest absolute Gasteiger partial charge is 0.496 e. The summed E-state index contributed by atoms with van der Waals surface area (Å²) in [4.78, 5) is 12.5. The van der Waals surface area contributed by atoms with Crippen molar-refractivity contribution in [1.82, 2.24) is 5.32 Å². The average molecular weight is 241 g/mol. The first kappa shape index (κ1) is 13.0. The van der Waals surface area contributed by atoms with Gasteiger partial charge in [0.05, 0.1) is 12.0 Å². The number of nitrogens with one attached hydrogen (secondary N) is 1. The monoisotopic (exact) mass is 241 g/mol. The Bertz CT molecular complexity index is 332. The SMILES string of the molecule is CCC(CC)CNC(=O)c1cc(OC)cs1. The fourth-order valence-electron chi connectivity index (χ4n) is 1.45. The zero-order valence-electron chi connectivity index (χ0n) is 10.1. The smallest absolute Gasteiger partial charge is 0.261 e. The zero-order valence-corrected chi connectivity index (χ0v) is 10.9. The van der Waals surface area contributed by atoms with E-state index in [1.54, 1.807) is 13.2 Å². The van der Waals surface area contributed by atoms with Crippen molar-refractivity contribution in [2.45, 2.75) is 26.7 Å². The van der Waals surface area contributed by atoms with E-state index in [-0.39, 0.29) is 5.91 Å². The molecule has 0 bridgehead atoms. The third-order valence-electron chi connectivity index (χ3n) is 2.74. The van der Waals surface area contributed by atoms with Crippen LogP contribution in [0.25, 0.3) is 0 Å². The van der Waals surface area contributed by atoms with E-state index >= 15 is 0 Å². The Morgan fingerprint density at radius 2 is 2.19 bits per heavy atom. The van der Waals surface area contributed by atoms with Crippen molar-refractivity contribution in [3.05, 3.63) is 16.3 Å². The molecule has 1 aromatic heterocycles. The van der Waals surface area contributed by atoms with Gasteiger partial charge in [-0.2, -0.15) is 0 Å². The molecular weight excluding hydrogens is 222 g/mol. The van der Waals surface area contributed by atoms with Gasteiger partial charge < -0.3 is 10.1 Å². The lowest BCUT2D eigenvalue weighted by molar-refractivity contribution is 0.0950. The standard InChI is InChI=1S/C12H19NO2S/c1-4-9(5-2)7-13-12(14)11-6-10(15-3)8-16-11/h6,8-9H,4-5,7H2,1-3H3,(H,13,14). The molecule has 0 aliphatic carbocycles. The molecule has 1 heterocycles. The van der Waals surface area contributed by atoms with Crippen LogP contribution < -0.4 is 10.1 Å². The van der Waals surface area contributed by atoms with Crippen molar-refractivity contribution < 1.29 is 9.53 Å². The van der Waals surface area contributed by atoms with Crippen molar-refractivity contribution in [3.63, 3.8) is 0 Å². The molecule has 0 unspecified atom stereocenters. The van der Waals surface area contributed by atoms with Gasteiger partial charge in [-0.25, -0.2) is 0 Å². The van der Waals surface area contributed by atoms with Gasteiger partial charge in [0.2, 0.25) is 0 Å². The lowest BCUT2D eigenvalue weighted by Gasteiger charge is -2.12. The molecule has 0 aliphatic heterocycles. The van der Waals surface area contributed by atoms with Gasteiger partial charge in [0, 0.05) is 18.0 Å². The van der Waals surface area contributed by atoms with E-state index in [0.717, 1.165) is 25.1 Å². The van der Waals surface area contributed by atoms with Crippen LogP contribution in [-0.2, 0) is 0 Å². The van der Waals surface area contributed by atoms with Gasteiger partial charge in [0.25, 0.3) is 5.91 Å². The number of amides is 1. The molecule has 0 aromatic carbocycles. The summed E-state index contributed by atoms with van der Waals surface area (Å²) >= 11 is 1.41. The number of hydrogen-bond donors (Lipinski definition) is 1. The Hall–Kier alpha value is -1.03. The summed E-state index contributed by atoms with van der Waals surface area (Å²) < 4.78 is 5.04. The third kappa shape index (κ3) is 3.52. The van der Waals surface area contributed by atoms with Crippen molar-refractivity contribution in [1.29, 1.82) is 0 Å². The van der Waals surface area contributed by atoms with E-state index in [9.17, 15) is 4.79 Å². The van der Waals surface area contributed by atoms with Gasteiger partial charge in [-0.1, -0.05) is 26.7 Å². The zero-order chi connectivity index (χ0) is 12.0. The number of methoxy groups -OCH3 is 1. The molecule has 16 heavy (non-hydrogen) atoms. The molecule has 1 N–H and O–H groups in total. The van der Waals surface area contributed by atoms with Crippen LogP contribution in [0.2, 0.25) is 0 Å². The predicted octanol–water partition coefficient (Wildman–Crippen LogP) is 2.92. The molecule has 1 aromatic rings. The molecule has 90 valence electrons. The first-order valence-electron chi connectivity index (χ1n) is 5.61. The second kappa shape index (κ2) is 6.53. The number of rotatable bonds is 6. The van der Waals surface area contributed by atoms with E-state index in [4.69, 9.17) is 4.74 Å². The molecule has 0 atom stereocenters. The Morgan fingerprint density at radius 3 is 2.69 bits per heavy atom. The highest BCUT2D eigenvalue weighted by Gasteiger charge is 2.11. The summed E-state index contributed by atoms with van der Waals surface area (Å²) in [6, 6.07) is 1.77. The fraction of sp³-hybridized carbons (Fsp3) is 0.583. The van der Waals surface area contributed by atoms with Gasteiger partial charge in [-0.05, 0) is 5.92 Å². The van der Waals surface area contributed by atoms with E-state index < -0.39 is 0 Å². The Balaban J connectivity index is 2.46. The second-order valence-electron chi connectivity index (χ2n) is 3.74.